The summed E-state index contributed by atoms with van der Waals surface area (Å²) in [7, 11) is 0. The van der Waals surface area contributed by atoms with E-state index in [1.807, 2.05) is 6.07 Å². The molecule has 0 aliphatic rings. The number of carbonyl (C=O) groups is 2. The highest BCUT2D eigenvalue weighted by molar-refractivity contribution is 6.05. The van der Waals surface area contributed by atoms with Crippen LogP contribution in [-0.2, 0) is 9.53 Å². The number of amides is 1. The van der Waals surface area contributed by atoms with Crippen LogP contribution in [0.1, 0.15) is 17.3 Å². The lowest BCUT2D eigenvalue weighted by Crippen LogP contribution is -2.30. The smallest absolute Gasteiger partial charge is 0.341 e. The molecular weight excluding hydrogens is 330 g/mol. The molecule has 2 N–H and O–H groups in total. The summed E-state index contributed by atoms with van der Waals surface area (Å²) >= 11 is 0. The molecule has 0 unspecified atom stereocenters. The van der Waals surface area contributed by atoms with Crippen molar-refractivity contribution in [3.8, 4) is 0 Å². The average molecular weight is 344 g/mol. The van der Waals surface area contributed by atoms with E-state index in [-0.39, 0.29) is 5.56 Å². The third kappa shape index (κ3) is 3.35. The van der Waals surface area contributed by atoms with Crippen LogP contribution in [0.2, 0.25) is 0 Å². The SMILES string of the molecule is C[C@@H](OC(=O)c1c[nH]c2ccccc12)C(=O)Nc1c(F)cccc1F. The first kappa shape index (κ1) is 16.6. The lowest BCUT2D eigenvalue weighted by molar-refractivity contribution is -0.123. The molecule has 0 aliphatic carbocycles. The zero-order chi connectivity index (χ0) is 18.0. The Kier molecular flexibility index (Phi) is 4.47. The Hall–Kier alpha value is -3.22. The van der Waals surface area contributed by atoms with Crippen molar-refractivity contribution in [1.29, 1.82) is 0 Å². The van der Waals surface area contributed by atoms with Gasteiger partial charge in [0, 0.05) is 17.1 Å². The summed E-state index contributed by atoms with van der Waals surface area (Å²) in [6, 6.07) is 10.3. The summed E-state index contributed by atoms with van der Waals surface area (Å²) in [6.07, 6.45) is 0.244. The Morgan fingerprint density at radius 1 is 1.08 bits per heavy atom. The Bertz CT molecular complexity index is 932. The van der Waals surface area contributed by atoms with Crippen LogP contribution in [0.5, 0.6) is 0 Å². The first-order valence-corrected chi connectivity index (χ1v) is 7.49. The molecule has 0 radical (unpaired) electrons. The molecule has 2 aromatic carbocycles. The van der Waals surface area contributed by atoms with Gasteiger partial charge in [-0.1, -0.05) is 24.3 Å². The minimum atomic E-state index is -1.24. The van der Waals surface area contributed by atoms with Gasteiger partial charge in [-0.25, -0.2) is 13.6 Å². The zero-order valence-corrected chi connectivity index (χ0v) is 13.2. The first-order chi connectivity index (χ1) is 12.0. The Morgan fingerprint density at radius 3 is 2.48 bits per heavy atom. The molecule has 0 aliphatic heterocycles. The number of hydrogen-bond acceptors (Lipinski definition) is 3. The molecule has 0 bridgehead atoms. The highest BCUT2D eigenvalue weighted by Crippen LogP contribution is 2.20. The first-order valence-electron chi connectivity index (χ1n) is 7.49. The summed E-state index contributed by atoms with van der Waals surface area (Å²) in [5.41, 5.74) is 0.440. The van der Waals surface area contributed by atoms with Gasteiger partial charge in [-0.05, 0) is 25.1 Å². The van der Waals surface area contributed by atoms with Gasteiger partial charge in [0.05, 0.1) is 5.56 Å². The van der Waals surface area contributed by atoms with E-state index >= 15 is 0 Å². The second-order valence-corrected chi connectivity index (χ2v) is 5.38. The molecule has 128 valence electrons. The molecule has 7 heteroatoms. The van der Waals surface area contributed by atoms with Crippen molar-refractivity contribution in [3.63, 3.8) is 0 Å². The maximum atomic E-state index is 13.6. The average Bonchev–Trinajstić information content (AvgIpc) is 3.02. The molecule has 0 fully saturated rings. The van der Waals surface area contributed by atoms with E-state index in [1.54, 1.807) is 18.2 Å². The minimum Gasteiger partial charge on any atom is -0.449 e. The van der Waals surface area contributed by atoms with Crippen LogP contribution in [-0.4, -0.2) is 23.0 Å². The van der Waals surface area contributed by atoms with E-state index in [2.05, 4.69) is 10.3 Å². The number of esters is 1. The summed E-state index contributed by atoms with van der Waals surface area (Å²) in [4.78, 5) is 27.2. The molecule has 0 saturated carbocycles. The van der Waals surface area contributed by atoms with E-state index in [0.29, 0.717) is 5.39 Å². The number of hydrogen-bond donors (Lipinski definition) is 2. The normalized spacial score (nSPS) is 12.0. The Balaban J connectivity index is 1.72. The van der Waals surface area contributed by atoms with Gasteiger partial charge in [0.15, 0.2) is 6.10 Å². The molecule has 3 rings (SSSR count). The van der Waals surface area contributed by atoms with E-state index in [4.69, 9.17) is 4.74 Å². The van der Waals surface area contributed by atoms with Gasteiger partial charge in [0.1, 0.15) is 17.3 Å². The second-order valence-electron chi connectivity index (χ2n) is 5.38. The predicted octanol–water partition coefficient (Wildman–Crippen LogP) is 3.63. The fraction of sp³-hybridized carbons (Fsp3) is 0.111. The van der Waals surface area contributed by atoms with Crippen molar-refractivity contribution in [2.24, 2.45) is 0 Å². The van der Waals surface area contributed by atoms with Gasteiger partial charge < -0.3 is 15.0 Å². The number of rotatable bonds is 4. The maximum Gasteiger partial charge on any atom is 0.341 e. The van der Waals surface area contributed by atoms with Crippen LogP contribution in [0.25, 0.3) is 10.9 Å². The molecule has 5 nitrogen and oxygen atoms in total. The lowest BCUT2D eigenvalue weighted by Gasteiger charge is -2.14. The van der Waals surface area contributed by atoms with Gasteiger partial charge in [0.25, 0.3) is 5.91 Å². The molecule has 1 atom stereocenters. The molecule has 25 heavy (non-hydrogen) atoms. The van der Waals surface area contributed by atoms with Crippen molar-refractivity contribution in [2.75, 3.05) is 5.32 Å². The van der Waals surface area contributed by atoms with Crippen LogP contribution in [0.15, 0.2) is 48.7 Å². The van der Waals surface area contributed by atoms with E-state index in [1.165, 1.54) is 19.2 Å². The van der Waals surface area contributed by atoms with Crippen molar-refractivity contribution in [1.82, 2.24) is 4.98 Å². The number of fused-ring (bicyclic) bond motifs is 1. The summed E-state index contributed by atoms with van der Waals surface area (Å²) in [5.74, 6) is -3.38. The van der Waals surface area contributed by atoms with Crippen molar-refractivity contribution < 1.29 is 23.1 Å². The lowest BCUT2D eigenvalue weighted by atomic mass is 10.2. The van der Waals surface area contributed by atoms with E-state index in [0.717, 1.165) is 17.6 Å². The molecule has 0 spiro atoms. The van der Waals surface area contributed by atoms with Crippen LogP contribution in [0.3, 0.4) is 0 Å². The van der Waals surface area contributed by atoms with Crippen molar-refractivity contribution >= 4 is 28.5 Å². The highest BCUT2D eigenvalue weighted by atomic mass is 19.1. The number of anilines is 1. The number of carbonyl (C=O) groups excluding carboxylic acids is 2. The van der Waals surface area contributed by atoms with Gasteiger partial charge in [0.2, 0.25) is 0 Å². The van der Waals surface area contributed by atoms with Gasteiger partial charge in [-0.3, -0.25) is 4.79 Å². The van der Waals surface area contributed by atoms with Crippen molar-refractivity contribution in [2.45, 2.75) is 13.0 Å². The number of halogens is 2. The van der Waals surface area contributed by atoms with Crippen LogP contribution in [0.4, 0.5) is 14.5 Å². The standard InChI is InChI=1S/C18H14F2N2O3/c1-10(17(23)22-16-13(19)6-4-7-14(16)20)25-18(24)12-9-21-15-8-3-2-5-11(12)15/h2-10,21H,1H3,(H,22,23)/t10-/m1/s1. The van der Waals surface area contributed by atoms with E-state index in [9.17, 15) is 18.4 Å². The van der Waals surface area contributed by atoms with Crippen LogP contribution >= 0.6 is 0 Å². The second kappa shape index (κ2) is 6.72. The maximum absolute atomic E-state index is 13.6. The molecule has 0 saturated heterocycles. The molecule has 3 aromatic rings. The molecular formula is C18H14F2N2O3. The fourth-order valence-electron chi connectivity index (χ4n) is 2.36. The summed E-state index contributed by atoms with van der Waals surface area (Å²) < 4.78 is 32.2. The quantitative estimate of drug-likeness (QED) is 0.710. The van der Waals surface area contributed by atoms with E-state index < -0.39 is 35.3 Å². The molecule has 1 heterocycles. The summed E-state index contributed by atoms with van der Waals surface area (Å²) in [5, 5.41) is 2.75. The van der Waals surface area contributed by atoms with Crippen molar-refractivity contribution in [3.05, 3.63) is 65.9 Å². The van der Waals surface area contributed by atoms with Crippen LogP contribution < -0.4 is 5.32 Å². The molecule has 1 aromatic heterocycles. The fourth-order valence-corrected chi connectivity index (χ4v) is 2.36. The third-order valence-corrected chi connectivity index (χ3v) is 3.67. The highest BCUT2D eigenvalue weighted by Gasteiger charge is 2.22. The Morgan fingerprint density at radius 2 is 1.76 bits per heavy atom. The number of aromatic amines is 1. The number of ether oxygens (including phenoxy) is 1. The molecule has 1 amide bonds. The van der Waals surface area contributed by atoms with Gasteiger partial charge in [-0.15, -0.1) is 0 Å². The number of nitrogens with one attached hydrogen (secondary N) is 2. The zero-order valence-electron chi connectivity index (χ0n) is 13.2. The number of benzene rings is 2. The number of aromatic nitrogens is 1. The largest absolute Gasteiger partial charge is 0.449 e. The monoisotopic (exact) mass is 344 g/mol. The van der Waals surface area contributed by atoms with Gasteiger partial charge >= 0.3 is 5.97 Å². The third-order valence-electron chi connectivity index (χ3n) is 3.67. The topological polar surface area (TPSA) is 71.2 Å². The minimum absolute atomic E-state index is 0.271. The number of para-hydroxylation sites is 2. The van der Waals surface area contributed by atoms with Gasteiger partial charge in [-0.2, -0.15) is 0 Å². The Labute approximate surface area is 141 Å². The number of H-pyrrole nitrogens is 1. The van der Waals surface area contributed by atoms with Crippen LogP contribution in [0, 0.1) is 11.6 Å². The summed E-state index contributed by atoms with van der Waals surface area (Å²) in [6.45, 7) is 1.32. The predicted molar refractivity (Wildman–Crippen MR) is 88.2 cm³/mol.